The number of halogens is 1. The third-order valence-corrected chi connectivity index (χ3v) is 9.82. The molecule has 0 saturated heterocycles. The molecule has 0 spiro atoms. The minimum absolute atomic E-state index is 0.536. The molecule has 3 aromatic heterocycles. The van der Waals surface area contributed by atoms with Gasteiger partial charge in [0, 0.05) is 42.0 Å². The smallest absolute Gasteiger partial charge is 0.187 e. The standard InChI is InChI=1S/C29H32IN8O4PS/c1-37(2)15-18-8-9-31-28(32-18)17-10-24(40-4)27(25(11-17)41-5)44-36-29-19-12-23(39-3)20(13-22(19)42-35-29)33-26-14-21(16-6-7-16)38(34-26)43-30/h8-14,16,43H,6-7,15H2,1-5H3,(H,33,34)(H,35,36). The van der Waals surface area contributed by atoms with E-state index in [0.29, 0.717) is 53.3 Å². The number of hydrogen-bond donors (Lipinski definition) is 2. The lowest BCUT2D eigenvalue weighted by atomic mass is 10.1. The Labute approximate surface area is 274 Å². The molecule has 1 aliphatic rings. The molecule has 230 valence electrons. The largest absolute Gasteiger partial charge is 0.495 e. The van der Waals surface area contributed by atoms with Crippen molar-refractivity contribution in [3.05, 3.63) is 54.0 Å². The summed E-state index contributed by atoms with van der Waals surface area (Å²) >= 11 is 3.67. The van der Waals surface area contributed by atoms with Crippen LogP contribution in [-0.4, -0.2) is 65.0 Å². The maximum absolute atomic E-state index is 5.76. The van der Waals surface area contributed by atoms with Gasteiger partial charge in [-0.1, -0.05) is 5.16 Å². The van der Waals surface area contributed by atoms with Gasteiger partial charge in [-0.3, -0.25) is 0 Å². The fourth-order valence-corrected chi connectivity index (χ4v) is 7.27. The molecule has 0 radical (unpaired) electrons. The van der Waals surface area contributed by atoms with Crippen LogP contribution in [0.15, 0.2) is 52.0 Å². The van der Waals surface area contributed by atoms with Crippen LogP contribution in [0.5, 0.6) is 17.2 Å². The number of hydrogen-bond acceptors (Lipinski definition) is 12. The van der Waals surface area contributed by atoms with E-state index in [9.17, 15) is 0 Å². The van der Waals surface area contributed by atoms with Gasteiger partial charge in [0.2, 0.25) is 0 Å². The summed E-state index contributed by atoms with van der Waals surface area (Å²) in [5.74, 6) is 4.36. The molecule has 1 atom stereocenters. The Balaban J connectivity index is 1.25. The molecule has 1 aliphatic carbocycles. The third-order valence-electron chi connectivity index (χ3n) is 7.03. The van der Waals surface area contributed by atoms with Crippen molar-refractivity contribution in [2.24, 2.45) is 0 Å². The van der Waals surface area contributed by atoms with Crippen molar-refractivity contribution in [3.63, 3.8) is 0 Å². The molecular formula is C29H32IN8O4PS. The van der Waals surface area contributed by atoms with Crippen LogP contribution >= 0.6 is 40.4 Å². The van der Waals surface area contributed by atoms with E-state index in [4.69, 9.17) is 28.8 Å². The van der Waals surface area contributed by atoms with Crippen LogP contribution in [0.2, 0.25) is 0 Å². The lowest BCUT2D eigenvalue weighted by Gasteiger charge is -2.15. The van der Waals surface area contributed by atoms with E-state index in [0.717, 1.165) is 33.0 Å². The average molecular weight is 747 g/mol. The Kier molecular flexibility index (Phi) is 9.31. The molecule has 1 saturated carbocycles. The van der Waals surface area contributed by atoms with Gasteiger partial charge in [0.15, 0.2) is 23.0 Å². The van der Waals surface area contributed by atoms with E-state index in [2.05, 4.69) is 57.6 Å². The Morgan fingerprint density at radius 3 is 2.48 bits per heavy atom. The van der Waals surface area contributed by atoms with Gasteiger partial charge in [-0.15, -0.1) is 0 Å². The van der Waals surface area contributed by atoms with E-state index in [1.807, 2.05) is 44.4 Å². The van der Waals surface area contributed by atoms with Gasteiger partial charge in [0.25, 0.3) is 0 Å². The van der Waals surface area contributed by atoms with E-state index in [1.54, 1.807) is 27.5 Å². The molecule has 15 heteroatoms. The number of aromatic nitrogens is 5. The lowest BCUT2D eigenvalue weighted by Crippen LogP contribution is -2.12. The summed E-state index contributed by atoms with van der Waals surface area (Å²) in [7, 11) is 8.88. The van der Waals surface area contributed by atoms with Crippen LogP contribution < -0.4 is 24.2 Å². The highest BCUT2D eigenvalue weighted by Crippen LogP contribution is 2.45. The van der Waals surface area contributed by atoms with Crippen molar-refractivity contribution in [2.75, 3.05) is 45.5 Å². The van der Waals surface area contributed by atoms with Crippen LogP contribution in [0.3, 0.4) is 0 Å². The second kappa shape index (κ2) is 13.3. The Bertz CT molecular complexity index is 1770. The second-order valence-electron chi connectivity index (χ2n) is 10.5. The van der Waals surface area contributed by atoms with Gasteiger partial charge in [-0.25, -0.2) is 14.4 Å². The molecule has 44 heavy (non-hydrogen) atoms. The first-order chi connectivity index (χ1) is 21.4. The van der Waals surface area contributed by atoms with E-state index in [-0.39, 0.29) is 0 Å². The highest BCUT2D eigenvalue weighted by molar-refractivity contribution is 14.2. The van der Waals surface area contributed by atoms with Gasteiger partial charge in [0.05, 0.1) is 44.5 Å². The van der Waals surface area contributed by atoms with E-state index >= 15 is 0 Å². The fraction of sp³-hybridized carbons (Fsp3) is 0.310. The molecule has 12 nitrogen and oxygen atoms in total. The number of nitrogens with one attached hydrogen (secondary N) is 2. The van der Waals surface area contributed by atoms with Crippen molar-refractivity contribution in [1.29, 1.82) is 0 Å². The molecule has 0 amide bonds. The maximum Gasteiger partial charge on any atom is 0.187 e. The lowest BCUT2D eigenvalue weighted by molar-refractivity contribution is 0.377. The average Bonchev–Trinajstić information content (AvgIpc) is 3.68. The molecule has 6 rings (SSSR count). The number of benzene rings is 2. The molecule has 0 aliphatic heterocycles. The van der Waals surface area contributed by atoms with Crippen LogP contribution in [0.1, 0.15) is 30.1 Å². The van der Waals surface area contributed by atoms with Gasteiger partial charge >= 0.3 is 0 Å². The minimum atomic E-state index is 0.536. The first-order valence-corrected chi connectivity index (χ1v) is 18.7. The summed E-state index contributed by atoms with van der Waals surface area (Å²) in [4.78, 5) is 12.0. The molecular weight excluding hydrogens is 714 g/mol. The highest BCUT2D eigenvalue weighted by atomic mass is 127. The Morgan fingerprint density at radius 2 is 1.82 bits per heavy atom. The first-order valence-electron chi connectivity index (χ1n) is 13.8. The van der Waals surface area contributed by atoms with Gasteiger partial charge in [-0.2, -0.15) is 5.10 Å². The highest BCUT2D eigenvalue weighted by Gasteiger charge is 2.28. The predicted molar refractivity (Wildman–Crippen MR) is 183 cm³/mol. The van der Waals surface area contributed by atoms with Crippen molar-refractivity contribution in [2.45, 2.75) is 30.2 Å². The monoisotopic (exact) mass is 746 g/mol. The summed E-state index contributed by atoms with van der Waals surface area (Å²) < 4.78 is 28.4. The first kappa shape index (κ1) is 30.7. The summed E-state index contributed by atoms with van der Waals surface area (Å²) in [6, 6.07) is 11.6. The van der Waals surface area contributed by atoms with Crippen molar-refractivity contribution in [1.82, 2.24) is 29.6 Å². The summed E-state index contributed by atoms with van der Waals surface area (Å²) in [6.07, 6.45) is 4.74. The number of anilines is 3. The molecule has 0 bridgehead atoms. The van der Waals surface area contributed by atoms with Crippen LogP contribution in [0.4, 0.5) is 17.3 Å². The molecule has 1 unspecified atom stereocenters. The van der Waals surface area contributed by atoms with E-state index in [1.165, 1.54) is 30.5 Å². The van der Waals surface area contributed by atoms with Gasteiger partial charge in [-0.05, 0) is 85.2 Å². The normalized spacial score (nSPS) is 13.2. The third kappa shape index (κ3) is 6.53. The van der Waals surface area contributed by atoms with Crippen molar-refractivity contribution in [3.8, 4) is 28.6 Å². The summed E-state index contributed by atoms with van der Waals surface area (Å²) in [6.45, 7) is 0.709. The molecule has 5 aromatic rings. The quantitative estimate of drug-likeness (QED) is 0.0726. The zero-order valence-corrected chi connectivity index (χ0v) is 28.8. The number of ether oxygens (including phenoxy) is 3. The van der Waals surface area contributed by atoms with Crippen LogP contribution in [0, 0.1) is 0 Å². The summed E-state index contributed by atoms with van der Waals surface area (Å²) in [5, 5.41) is 13.2. The van der Waals surface area contributed by atoms with Crippen molar-refractivity contribution < 1.29 is 18.7 Å². The molecule has 1 fully saturated rings. The molecule has 3 heterocycles. The number of fused-ring (bicyclic) bond motifs is 1. The van der Waals surface area contributed by atoms with Crippen LogP contribution in [-0.2, 0) is 6.54 Å². The number of nitrogens with zero attached hydrogens (tertiary/aromatic N) is 6. The topological polar surface area (TPSA) is 125 Å². The van der Waals surface area contributed by atoms with Crippen LogP contribution in [0.25, 0.3) is 22.4 Å². The Hall–Kier alpha value is -3.33. The Morgan fingerprint density at radius 1 is 1.07 bits per heavy atom. The minimum Gasteiger partial charge on any atom is -0.495 e. The SMILES string of the molecule is COc1cc2c(NSc3c(OC)cc(-c4nccc(CN(C)C)n4)cc3OC)noc2cc1Nc1cc(C2CC2)n(PI)n1. The summed E-state index contributed by atoms with van der Waals surface area (Å²) in [5.41, 5.74) is 4.32. The molecule has 2 aromatic carbocycles. The van der Waals surface area contributed by atoms with Gasteiger partial charge in [0.1, 0.15) is 22.1 Å². The van der Waals surface area contributed by atoms with Gasteiger partial charge < -0.3 is 33.7 Å². The van der Waals surface area contributed by atoms with Crippen molar-refractivity contribution >= 4 is 68.7 Å². The maximum atomic E-state index is 5.76. The predicted octanol–water partition coefficient (Wildman–Crippen LogP) is 7.10. The fourth-order valence-electron chi connectivity index (χ4n) is 4.79. The molecule has 2 N–H and O–H groups in total. The zero-order chi connectivity index (χ0) is 30.8. The zero-order valence-electron chi connectivity index (χ0n) is 24.8. The number of rotatable bonds is 13. The number of methoxy groups -OCH3 is 3. The van der Waals surface area contributed by atoms with E-state index < -0.39 is 0 Å². The second-order valence-corrected chi connectivity index (χ2v) is 13.3.